The molecule has 0 unspecified atom stereocenters. The van der Waals surface area contributed by atoms with Gasteiger partial charge in [0.25, 0.3) is 0 Å². The number of hydrogen-bond acceptors (Lipinski definition) is 5. The number of ether oxygens (including phenoxy) is 1. The first-order valence-electron chi connectivity index (χ1n) is 10.4. The van der Waals surface area contributed by atoms with Crippen molar-refractivity contribution < 1.29 is 14.3 Å². The van der Waals surface area contributed by atoms with E-state index in [1.165, 1.54) is 11.3 Å². The maximum atomic E-state index is 12.7. The van der Waals surface area contributed by atoms with E-state index in [0.717, 1.165) is 34.6 Å². The highest BCUT2D eigenvalue weighted by molar-refractivity contribution is 7.22. The van der Waals surface area contributed by atoms with Crippen LogP contribution in [0.1, 0.15) is 25.7 Å². The number of nitrogens with zero attached hydrogens (tertiary/aromatic N) is 2. The fourth-order valence-corrected chi connectivity index (χ4v) is 4.70. The zero-order chi connectivity index (χ0) is 20.5. The van der Waals surface area contributed by atoms with Crippen LogP contribution in [0.5, 0.6) is 11.5 Å². The molecule has 30 heavy (non-hydrogen) atoms. The summed E-state index contributed by atoms with van der Waals surface area (Å²) in [6.07, 6.45) is 3.47. The number of likely N-dealkylation sites (tertiary alicyclic amines) is 1. The summed E-state index contributed by atoms with van der Waals surface area (Å²) in [7, 11) is 0. The van der Waals surface area contributed by atoms with Crippen LogP contribution in [0.25, 0.3) is 10.2 Å². The van der Waals surface area contributed by atoms with Gasteiger partial charge in [0.05, 0.1) is 10.2 Å². The lowest BCUT2D eigenvalue weighted by atomic mass is 9.95. The number of carbonyl (C=O) groups excluding carboxylic acids is 2. The first-order valence-corrected chi connectivity index (χ1v) is 11.2. The van der Waals surface area contributed by atoms with Crippen molar-refractivity contribution in [2.24, 2.45) is 11.8 Å². The van der Waals surface area contributed by atoms with Gasteiger partial charge in [0, 0.05) is 31.0 Å². The molecule has 2 heterocycles. The van der Waals surface area contributed by atoms with Gasteiger partial charge in [-0.15, -0.1) is 0 Å². The van der Waals surface area contributed by atoms with Gasteiger partial charge in [-0.05, 0) is 49.9 Å². The molecule has 0 radical (unpaired) electrons. The first kappa shape index (κ1) is 19.1. The van der Waals surface area contributed by atoms with Crippen LogP contribution in [-0.2, 0) is 9.59 Å². The molecule has 2 aliphatic rings. The van der Waals surface area contributed by atoms with Crippen LogP contribution in [0.2, 0.25) is 0 Å². The summed E-state index contributed by atoms with van der Waals surface area (Å²) >= 11 is 1.44. The second-order valence-electron chi connectivity index (χ2n) is 7.93. The van der Waals surface area contributed by atoms with Crippen molar-refractivity contribution in [3.8, 4) is 11.5 Å². The van der Waals surface area contributed by atoms with E-state index < -0.39 is 0 Å². The predicted molar refractivity (Wildman–Crippen MR) is 117 cm³/mol. The van der Waals surface area contributed by atoms with E-state index in [1.807, 2.05) is 53.4 Å². The van der Waals surface area contributed by atoms with Crippen molar-refractivity contribution in [2.75, 3.05) is 18.4 Å². The number of para-hydroxylation sites is 1. The minimum atomic E-state index is -0.0720. The summed E-state index contributed by atoms with van der Waals surface area (Å²) in [6.45, 7) is 1.35. The molecule has 7 heteroatoms. The average Bonchev–Trinajstić information content (AvgIpc) is 3.54. The van der Waals surface area contributed by atoms with Gasteiger partial charge in [0.1, 0.15) is 11.5 Å². The standard InChI is InChI=1S/C23H23N3O3S/c27-21(15-10-12-26(13-11-15)22(28)16-6-7-16)25-23-24-19-9-8-18(14-20(19)30-23)29-17-4-2-1-3-5-17/h1-5,8-9,14-16H,6-7,10-13H2,(H,24,25,27). The van der Waals surface area contributed by atoms with E-state index in [4.69, 9.17) is 4.74 Å². The number of rotatable bonds is 5. The Balaban J connectivity index is 1.21. The number of piperidine rings is 1. The lowest BCUT2D eigenvalue weighted by molar-refractivity contribution is -0.135. The molecular formula is C23H23N3O3S. The number of anilines is 1. The molecule has 0 spiro atoms. The third-order valence-electron chi connectivity index (χ3n) is 5.67. The summed E-state index contributed by atoms with van der Waals surface area (Å²) in [5.41, 5.74) is 0.834. The molecule has 3 aromatic rings. The highest BCUT2D eigenvalue weighted by Gasteiger charge is 2.36. The van der Waals surface area contributed by atoms with Crippen molar-refractivity contribution in [3.63, 3.8) is 0 Å². The summed E-state index contributed by atoms with van der Waals surface area (Å²) in [5, 5.41) is 3.57. The van der Waals surface area contributed by atoms with Gasteiger partial charge in [-0.1, -0.05) is 29.5 Å². The molecule has 0 bridgehead atoms. The first-order chi connectivity index (χ1) is 14.7. The number of benzene rings is 2. The van der Waals surface area contributed by atoms with Crippen LogP contribution in [-0.4, -0.2) is 34.8 Å². The fourth-order valence-electron chi connectivity index (χ4n) is 3.80. The Bertz CT molecular complexity index is 1070. The Labute approximate surface area is 178 Å². The number of thiazole rings is 1. The van der Waals surface area contributed by atoms with Crippen LogP contribution in [0.4, 0.5) is 5.13 Å². The molecule has 1 aliphatic heterocycles. The van der Waals surface area contributed by atoms with Crippen molar-refractivity contribution >= 4 is 38.5 Å². The largest absolute Gasteiger partial charge is 0.457 e. The van der Waals surface area contributed by atoms with Gasteiger partial charge < -0.3 is 15.0 Å². The van der Waals surface area contributed by atoms with Gasteiger partial charge >= 0.3 is 0 Å². The number of fused-ring (bicyclic) bond motifs is 1. The highest BCUT2D eigenvalue weighted by Crippen LogP contribution is 2.34. The molecule has 5 rings (SSSR count). The van der Waals surface area contributed by atoms with Crippen LogP contribution >= 0.6 is 11.3 Å². The molecule has 0 atom stereocenters. The number of carbonyl (C=O) groups is 2. The van der Waals surface area contributed by atoms with E-state index in [2.05, 4.69) is 10.3 Å². The molecule has 1 saturated heterocycles. The van der Waals surface area contributed by atoms with Crippen LogP contribution in [0.3, 0.4) is 0 Å². The Kier molecular flexibility index (Phi) is 5.12. The second kappa shape index (κ2) is 8.07. The molecule has 1 aliphatic carbocycles. The summed E-state index contributed by atoms with van der Waals surface area (Å²) < 4.78 is 6.84. The minimum absolute atomic E-state index is 0.00617. The highest BCUT2D eigenvalue weighted by atomic mass is 32.1. The minimum Gasteiger partial charge on any atom is -0.457 e. The normalized spacial score (nSPS) is 17.1. The van der Waals surface area contributed by atoms with Crippen LogP contribution < -0.4 is 10.1 Å². The Morgan fingerprint density at radius 2 is 1.73 bits per heavy atom. The number of nitrogens with one attached hydrogen (secondary N) is 1. The average molecular weight is 422 g/mol. The lowest BCUT2D eigenvalue weighted by Gasteiger charge is -2.31. The van der Waals surface area contributed by atoms with Crippen LogP contribution in [0.15, 0.2) is 48.5 Å². The van der Waals surface area contributed by atoms with Crippen LogP contribution in [0, 0.1) is 11.8 Å². The van der Waals surface area contributed by atoms with Gasteiger partial charge in [0.15, 0.2) is 5.13 Å². The number of aromatic nitrogens is 1. The van der Waals surface area contributed by atoms with E-state index in [0.29, 0.717) is 31.1 Å². The maximum absolute atomic E-state index is 12.7. The Morgan fingerprint density at radius 1 is 0.967 bits per heavy atom. The molecular weight excluding hydrogens is 398 g/mol. The zero-order valence-electron chi connectivity index (χ0n) is 16.5. The third-order valence-corrected chi connectivity index (χ3v) is 6.61. The van der Waals surface area contributed by atoms with Crippen molar-refractivity contribution in [2.45, 2.75) is 25.7 Å². The van der Waals surface area contributed by atoms with Gasteiger partial charge in [-0.3, -0.25) is 9.59 Å². The van der Waals surface area contributed by atoms with E-state index in [9.17, 15) is 9.59 Å². The summed E-state index contributed by atoms with van der Waals surface area (Å²) in [5.74, 6) is 1.96. The molecule has 6 nitrogen and oxygen atoms in total. The third kappa shape index (κ3) is 4.16. The number of hydrogen-bond donors (Lipinski definition) is 1. The molecule has 1 N–H and O–H groups in total. The predicted octanol–water partition coefficient (Wildman–Crippen LogP) is 4.68. The zero-order valence-corrected chi connectivity index (χ0v) is 17.4. The van der Waals surface area contributed by atoms with E-state index >= 15 is 0 Å². The van der Waals surface area contributed by atoms with Gasteiger partial charge in [0.2, 0.25) is 11.8 Å². The van der Waals surface area contributed by atoms with Crippen molar-refractivity contribution in [1.82, 2.24) is 9.88 Å². The Hall–Kier alpha value is -2.93. The quantitative estimate of drug-likeness (QED) is 0.650. The van der Waals surface area contributed by atoms with Gasteiger partial charge in [-0.25, -0.2) is 4.98 Å². The lowest BCUT2D eigenvalue weighted by Crippen LogP contribution is -2.42. The summed E-state index contributed by atoms with van der Waals surface area (Å²) in [4.78, 5) is 31.3. The molecule has 2 amide bonds. The number of amides is 2. The fraction of sp³-hybridized carbons (Fsp3) is 0.348. The molecule has 1 saturated carbocycles. The molecule has 2 fully saturated rings. The summed E-state index contributed by atoms with van der Waals surface area (Å²) in [6, 6.07) is 15.4. The van der Waals surface area contributed by atoms with Crippen molar-refractivity contribution in [3.05, 3.63) is 48.5 Å². The van der Waals surface area contributed by atoms with E-state index in [1.54, 1.807) is 0 Å². The topological polar surface area (TPSA) is 71.5 Å². The van der Waals surface area contributed by atoms with Crippen molar-refractivity contribution in [1.29, 1.82) is 0 Å². The molecule has 2 aromatic carbocycles. The Morgan fingerprint density at radius 3 is 2.47 bits per heavy atom. The van der Waals surface area contributed by atoms with E-state index in [-0.39, 0.29) is 23.7 Å². The monoisotopic (exact) mass is 421 g/mol. The van der Waals surface area contributed by atoms with Gasteiger partial charge in [-0.2, -0.15) is 0 Å². The maximum Gasteiger partial charge on any atom is 0.229 e. The SMILES string of the molecule is O=C(Nc1nc2ccc(Oc3ccccc3)cc2s1)C1CCN(C(=O)C2CC2)CC1. The molecule has 1 aromatic heterocycles. The second-order valence-corrected chi connectivity index (χ2v) is 8.96. The smallest absolute Gasteiger partial charge is 0.229 e. The molecule has 154 valence electrons.